The minimum atomic E-state index is 0.0536. The summed E-state index contributed by atoms with van der Waals surface area (Å²) in [4.78, 5) is 8.18. The van der Waals surface area contributed by atoms with Crippen LogP contribution in [0.25, 0.3) is 0 Å². The van der Waals surface area contributed by atoms with E-state index in [1.165, 1.54) is 0 Å². The van der Waals surface area contributed by atoms with E-state index >= 15 is 0 Å². The third-order valence-corrected chi connectivity index (χ3v) is 2.51. The molecule has 1 aromatic carbocycles. The Labute approximate surface area is 100 Å². The van der Waals surface area contributed by atoms with Crippen LogP contribution in [0.4, 0.5) is 5.82 Å². The van der Waals surface area contributed by atoms with Gasteiger partial charge in [-0.25, -0.2) is 4.98 Å². The van der Waals surface area contributed by atoms with Crippen molar-refractivity contribution in [1.82, 2.24) is 9.97 Å². The summed E-state index contributed by atoms with van der Waals surface area (Å²) < 4.78 is 0. The molecule has 2 aromatic rings. The van der Waals surface area contributed by atoms with Gasteiger partial charge < -0.3 is 10.4 Å². The first-order chi connectivity index (χ1) is 8.40. The summed E-state index contributed by atoms with van der Waals surface area (Å²) in [7, 11) is 0. The van der Waals surface area contributed by atoms with E-state index in [2.05, 4.69) is 15.3 Å². The van der Waals surface area contributed by atoms with Gasteiger partial charge in [0.05, 0.1) is 12.2 Å². The summed E-state index contributed by atoms with van der Waals surface area (Å²) in [5, 5.41) is 12.4. The van der Waals surface area contributed by atoms with E-state index in [1.807, 2.05) is 30.3 Å². The van der Waals surface area contributed by atoms with Crippen LogP contribution in [0.2, 0.25) is 0 Å². The van der Waals surface area contributed by atoms with Gasteiger partial charge in [-0.05, 0) is 12.0 Å². The normalized spacial score (nSPS) is 12.1. The average molecular weight is 229 g/mol. The fraction of sp³-hybridized carbons (Fsp3) is 0.231. The van der Waals surface area contributed by atoms with Crippen molar-refractivity contribution in [1.29, 1.82) is 0 Å². The van der Waals surface area contributed by atoms with E-state index in [4.69, 9.17) is 5.11 Å². The highest BCUT2D eigenvalue weighted by Gasteiger charge is 2.10. The number of nitrogens with one attached hydrogen (secondary N) is 1. The molecule has 0 bridgehead atoms. The van der Waals surface area contributed by atoms with Crippen molar-refractivity contribution >= 4 is 5.82 Å². The van der Waals surface area contributed by atoms with Gasteiger partial charge in [0.2, 0.25) is 0 Å². The van der Waals surface area contributed by atoms with E-state index in [9.17, 15) is 0 Å². The van der Waals surface area contributed by atoms with Crippen molar-refractivity contribution in [2.24, 2.45) is 0 Å². The molecular formula is C13H15N3O. The number of benzene rings is 1. The maximum absolute atomic E-state index is 9.10. The van der Waals surface area contributed by atoms with Gasteiger partial charge in [-0.2, -0.15) is 0 Å². The van der Waals surface area contributed by atoms with Crippen molar-refractivity contribution in [2.75, 3.05) is 11.9 Å². The van der Waals surface area contributed by atoms with Crippen LogP contribution in [0.5, 0.6) is 0 Å². The van der Waals surface area contributed by atoms with E-state index in [1.54, 1.807) is 18.6 Å². The van der Waals surface area contributed by atoms with Crippen LogP contribution in [0, 0.1) is 0 Å². The number of hydrogen-bond donors (Lipinski definition) is 2. The Morgan fingerprint density at radius 1 is 1.18 bits per heavy atom. The lowest BCUT2D eigenvalue weighted by molar-refractivity contribution is 0.280. The molecule has 0 fully saturated rings. The van der Waals surface area contributed by atoms with E-state index in [-0.39, 0.29) is 12.6 Å². The molecule has 0 radical (unpaired) electrons. The van der Waals surface area contributed by atoms with Crippen LogP contribution in [0.15, 0.2) is 48.9 Å². The fourth-order valence-corrected chi connectivity index (χ4v) is 1.69. The van der Waals surface area contributed by atoms with E-state index in [0.29, 0.717) is 6.42 Å². The lowest BCUT2D eigenvalue weighted by Gasteiger charge is -2.18. The third kappa shape index (κ3) is 3.26. The summed E-state index contributed by atoms with van der Waals surface area (Å²) in [6, 6.07) is 10.1. The largest absolute Gasteiger partial charge is 0.396 e. The lowest BCUT2D eigenvalue weighted by Crippen LogP contribution is -2.13. The van der Waals surface area contributed by atoms with Crippen LogP contribution in [0.1, 0.15) is 18.0 Å². The second-order valence-corrected chi connectivity index (χ2v) is 3.71. The molecule has 1 heterocycles. The SMILES string of the molecule is OCC[C@@H](Nc1cnccn1)c1ccccc1. The number of nitrogens with zero attached hydrogens (tertiary/aromatic N) is 2. The zero-order valence-corrected chi connectivity index (χ0v) is 9.45. The van der Waals surface area contributed by atoms with Gasteiger partial charge in [0.25, 0.3) is 0 Å². The molecule has 1 aromatic heterocycles. The maximum Gasteiger partial charge on any atom is 0.144 e. The molecule has 0 amide bonds. The summed E-state index contributed by atoms with van der Waals surface area (Å²) in [5.41, 5.74) is 1.13. The van der Waals surface area contributed by atoms with Gasteiger partial charge in [0.1, 0.15) is 5.82 Å². The highest BCUT2D eigenvalue weighted by Crippen LogP contribution is 2.20. The van der Waals surface area contributed by atoms with Gasteiger partial charge in [-0.3, -0.25) is 4.98 Å². The predicted molar refractivity (Wildman–Crippen MR) is 66.5 cm³/mol. The summed E-state index contributed by atoms with van der Waals surface area (Å²) in [6.07, 6.45) is 5.59. The minimum absolute atomic E-state index is 0.0536. The van der Waals surface area contributed by atoms with Gasteiger partial charge in [0, 0.05) is 19.0 Å². The zero-order chi connectivity index (χ0) is 11.9. The highest BCUT2D eigenvalue weighted by atomic mass is 16.3. The molecule has 88 valence electrons. The Morgan fingerprint density at radius 3 is 2.65 bits per heavy atom. The van der Waals surface area contributed by atoms with Crippen LogP contribution in [-0.2, 0) is 0 Å². The fourth-order valence-electron chi connectivity index (χ4n) is 1.69. The van der Waals surface area contributed by atoms with Crippen LogP contribution in [-0.4, -0.2) is 21.7 Å². The predicted octanol–water partition coefficient (Wildman–Crippen LogP) is 2.01. The first-order valence-electron chi connectivity index (χ1n) is 5.58. The molecule has 0 spiro atoms. The van der Waals surface area contributed by atoms with Crippen LogP contribution in [0.3, 0.4) is 0 Å². The Kier molecular flexibility index (Phi) is 4.05. The molecule has 0 aliphatic rings. The van der Waals surface area contributed by atoms with Crippen LogP contribution < -0.4 is 5.32 Å². The summed E-state index contributed by atoms with van der Waals surface area (Å²) in [6.45, 7) is 0.132. The Morgan fingerprint density at radius 2 is 2.00 bits per heavy atom. The summed E-state index contributed by atoms with van der Waals surface area (Å²) >= 11 is 0. The monoisotopic (exact) mass is 229 g/mol. The Hall–Kier alpha value is -1.94. The number of rotatable bonds is 5. The Bertz CT molecular complexity index is 433. The second-order valence-electron chi connectivity index (χ2n) is 3.71. The summed E-state index contributed by atoms with van der Waals surface area (Å²) in [5.74, 6) is 0.717. The van der Waals surface area contributed by atoms with E-state index < -0.39 is 0 Å². The van der Waals surface area contributed by atoms with Crippen molar-refractivity contribution < 1.29 is 5.11 Å². The van der Waals surface area contributed by atoms with Crippen molar-refractivity contribution in [3.05, 3.63) is 54.5 Å². The molecule has 2 rings (SSSR count). The first-order valence-corrected chi connectivity index (χ1v) is 5.58. The average Bonchev–Trinajstić information content (AvgIpc) is 2.40. The van der Waals surface area contributed by atoms with Gasteiger partial charge in [-0.15, -0.1) is 0 Å². The quantitative estimate of drug-likeness (QED) is 0.823. The van der Waals surface area contributed by atoms with Crippen LogP contribution >= 0.6 is 0 Å². The van der Waals surface area contributed by atoms with Crippen molar-refractivity contribution in [2.45, 2.75) is 12.5 Å². The Balaban J connectivity index is 2.13. The van der Waals surface area contributed by atoms with Crippen molar-refractivity contribution in [3.63, 3.8) is 0 Å². The smallest absolute Gasteiger partial charge is 0.144 e. The van der Waals surface area contributed by atoms with Gasteiger partial charge in [-0.1, -0.05) is 30.3 Å². The molecule has 0 unspecified atom stereocenters. The van der Waals surface area contributed by atoms with Gasteiger partial charge in [0.15, 0.2) is 0 Å². The lowest BCUT2D eigenvalue weighted by atomic mass is 10.0. The zero-order valence-electron chi connectivity index (χ0n) is 9.45. The number of hydrogen-bond acceptors (Lipinski definition) is 4. The molecule has 0 aliphatic heterocycles. The maximum atomic E-state index is 9.10. The molecule has 0 saturated carbocycles. The van der Waals surface area contributed by atoms with Gasteiger partial charge >= 0.3 is 0 Å². The number of aliphatic hydroxyl groups excluding tert-OH is 1. The molecule has 17 heavy (non-hydrogen) atoms. The standard InChI is InChI=1S/C13H15N3O/c17-9-6-12(11-4-2-1-3-5-11)16-13-10-14-7-8-15-13/h1-5,7-8,10,12,17H,6,9H2,(H,15,16)/t12-/m1/s1. The minimum Gasteiger partial charge on any atom is -0.396 e. The molecule has 0 saturated heterocycles. The topological polar surface area (TPSA) is 58.0 Å². The number of anilines is 1. The molecule has 0 aliphatic carbocycles. The number of aromatic nitrogens is 2. The molecule has 2 N–H and O–H groups in total. The van der Waals surface area contributed by atoms with E-state index in [0.717, 1.165) is 11.4 Å². The number of aliphatic hydroxyl groups is 1. The third-order valence-electron chi connectivity index (χ3n) is 2.51. The molecule has 1 atom stereocenters. The molecular weight excluding hydrogens is 214 g/mol. The highest BCUT2D eigenvalue weighted by molar-refractivity contribution is 5.35. The first kappa shape index (κ1) is 11.5. The van der Waals surface area contributed by atoms with Crippen molar-refractivity contribution in [3.8, 4) is 0 Å². The molecule has 4 nitrogen and oxygen atoms in total. The molecule has 4 heteroatoms. The second kappa shape index (κ2) is 5.96.